The average molecular weight is 393 g/mol. The van der Waals surface area contributed by atoms with Crippen LogP contribution in [0.15, 0.2) is 18.2 Å². The second kappa shape index (κ2) is 9.28. The van der Waals surface area contributed by atoms with Gasteiger partial charge in [0.1, 0.15) is 11.6 Å². The van der Waals surface area contributed by atoms with Crippen molar-refractivity contribution in [2.45, 2.75) is 51.2 Å². The molecule has 2 rings (SSSR count). The van der Waals surface area contributed by atoms with Crippen LogP contribution in [-0.2, 0) is 15.4 Å². The minimum Gasteiger partial charge on any atom is -0.493 e. The Morgan fingerprint density at radius 1 is 1.52 bits per heavy atom. The highest BCUT2D eigenvalue weighted by Gasteiger charge is 2.42. The van der Waals surface area contributed by atoms with Crippen molar-refractivity contribution in [2.24, 2.45) is 10.6 Å². The molecular formula is C17H26ClFN2O3S. The first kappa shape index (κ1) is 20.6. The van der Waals surface area contributed by atoms with Gasteiger partial charge in [-0.2, -0.15) is 0 Å². The third kappa shape index (κ3) is 5.62. The van der Waals surface area contributed by atoms with Crippen LogP contribution in [0.1, 0.15) is 39.0 Å². The number of nitrogens with one attached hydrogen (secondary N) is 1. The SMILES string of the molecule is CCCC1(COc2ccc(Cl)c(F)c2)CCC(NC)C(OS(N)=O)C1. The molecule has 1 saturated carbocycles. The summed E-state index contributed by atoms with van der Waals surface area (Å²) < 4.78 is 36.3. The fraction of sp³-hybridized carbons (Fsp3) is 0.647. The zero-order valence-electron chi connectivity index (χ0n) is 14.6. The number of rotatable bonds is 8. The van der Waals surface area contributed by atoms with E-state index in [1.54, 1.807) is 6.07 Å². The van der Waals surface area contributed by atoms with Crippen molar-refractivity contribution in [3.63, 3.8) is 0 Å². The summed E-state index contributed by atoms with van der Waals surface area (Å²) in [7, 11) is 1.86. The largest absolute Gasteiger partial charge is 0.493 e. The second-order valence-corrected chi connectivity index (χ2v) is 7.77. The molecule has 1 fully saturated rings. The maximum Gasteiger partial charge on any atom is 0.231 e. The molecule has 0 saturated heterocycles. The van der Waals surface area contributed by atoms with E-state index in [1.165, 1.54) is 12.1 Å². The quantitative estimate of drug-likeness (QED) is 0.711. The molecule has 4 atom stereocenters. The maximum absolute atomic E-state index is 13.6. The van der Waals surface area contributed by atoms with E-state index in [0.29, 0.717) is 18.8 Å². The zero-order chi connectivity index (χ0) is 18.4. The van der Waals surface area contributed by atoms with Crippen LogP contribution < -0.4 is 15.2 Å². The Morgan fingerprint density at radius 2 is 2.28 bits per heavy atom. The summed E-state index contributed by atoms with van der Waals surface area (Å²) in [6.45, 7) is 2.56. The molecule has 0 heterocycles. The molecule has 0 amide bonds. The molecule has 1 aliphatic carbocycles. The lowest BCUT2D eigenvalue weighted by molar-refractivity contribution is 0.00846. The summed E-state index contributed by atoms with van der Waals surface area (Å²) in [5, 5.41) is 8.62. The molecule has 142 valence electrons. The van der Waals surface area contributed by atoms with E-state index in [-0.39, 0.29) is 22.6 Å². The van der Waals surface area contributed by atoms with Crippen LogP contribution in [0.5, 0.6) is 5.75 Å². The fourth-order valence-electron chi connectivity index (χ4n) is 3.64. The first-order valence-electron chi connectivity index (χ1n) is 8.47. The van der Waals surface area contributed by atoms with E-state index in [4.69, 9.17) is 25.7 Å². The number of hydrogen-bond donors (Lipinski definition) is 2. The van der Waals surface area contributed by atoms with E-state index in [1.807, 2.05) is 7.05 Å². The molecule has 0 radical (unpaired) electrons. The Hall–Kier alpha value is -0.730. The second-order valence-electron chi connectivity index (χ2n) is 6.65. The van der Waals surface area contributed by atoms with Gasteiger partial charge in [0.15, 0.2) is 0 Å². The normalized spacial score (nSPS) is 27.9. The lowest BCUT2D eigenvalue weighted by Crippen LogP contribution is -2.50. The molecular weight excluding hydrogens is 367 g/mol. The summed E-state index contributed by atoms with van der Waals surface area (Å²) in [5.41, 5.74) is -0.123. The van der Waals surface area contributed by atoms with E-state index >= 15 is 0 Å². The first-order valence-corrected chi connectivity index (χ1v) is 9.99. The van der Waals surface area contributed by atoms with Gasteiger partial charge in [0, 0.05) is 17.5 Å². The van der Waals surface area contributed by atoms with Gasteiger partial charge in [-0.05, 0) is 44.9 Å². The molecule has 8 heteroatoms. The lowest BCUT2D eigenvalue weighted by atomic mass is 9.69. The molecule has 3 N–H and O–H groups in total. The van der Waals surface area contributed by atoms with Crippen LogP contribution in [0.3, 0.4) is 0 Å². The highest BCUT2D eigenvalue weighted by atomic mass is 35.5. The van der Waals surface area contributed by atoms with Crippen LogP contribution in [0.2, 0.25) is 5.02 Å². The standard InChI is InChI=1S/C17H26ClFN2O3S/c1-3-7-17(11-23-12-4-5-13(18)14(19)9-12)8-6-15(21-2)16(10-17)24-25(20)22/h4-5,9,15-16,21H,3,6-8,10-11,20H2,1-2H3. The van der Waals surface area contributed by atoms with E-state index in [2.05, 4.69) is 12.2 Å². The minimum atomic E-state index is -1.81. The van der Waals surface area contributed by atoms with Crippen molar-refractivity contribution in [1.82, 2.24) is 5.32 Å². The van der Waals surface area contributed by atoms with Crippen LogP contribution in [0, 0.1) is 11.2 Å². The fourth-order valence-corrected chi connectivity index (χ4v) is 4.20. The summed E-state index contributed by atoms with van der Waals surface area (Å²) in [6.07, 6.45) is 4.18. The average Bonchev–Trinajstić information content (AvgIpc) is 2.56. The predicted octanol–water partition coefficient (Wildman–Crippen LogP) is 3.34. The van der Waals surface area contributed by atoms with Gasteiger partial charge in [-0.3, -0.25) is 4.18 Å². The number of halogens is 2. The van der Waals surface area contributed by atoms with E-state index < -0.39 is 17.1 Å². The molecule has 25 heavy (non-hydrogen) atoms. The van der Waals surface area contributed by atoms with Crippen molar-refractivity contribution in [3.05, 3.63) is 29.0 Å². The van der Waals surface area contributed by atoms with Gasteiger partial charge in [-0.15, -0.1) is 0 Å². The monoisotopic (exact) mass is 392 g/mol. The zero-order valence-corrected chi connectivity index (χ0v) is 16.2. The lowest BCUT2D eigenvalue weighted by Gasteiger charge is -2.43. The number of ether oxygens (including phenoxy) is 1. The number of benzene rings is 1. The molecule has 1 aromatic rings. The first-order chi connectivity index (χ1) is 11.9. The summed E-state index contributed by atoms with van der Waals surface area (Å²) in [6, 6.07) is 4.54. The van der Waals surface area contributed by atoms with Gasteiger partial charge in [0.2, 0.25) is 11.3 Å². The van der Waals surface area contributed by atoms with Crippen molar-refractivity contribution < 1.29 is 17.5 Å². The summed E-state index contributed by atoms with van der Waals surface area (Å²) in [5.74, 6) is -0.0460. The Bertz CT molecular complexity index is 607. The summed E-state index contributed by atoms with van der Waals surface area (Å²) in [4.78, 5) is 0. The Balaban J connectivity index is 2.11. The molecule has 4 unspecified atom stereocenters. The predicted molar refractivity (Wildman–Crippen MR) is 98.1 cm³/mol. The molecule has 0 aromatic heterocycles. The molecule has 1 aliphatic rings. The topological polar surface area (TPSA) is 73.6 Å². The van der Waals surface area contributed by atoms with Gasteiger partial charge < -0.3 is 10.1 Å². The molecule has 1 aromatic carbocycles. The van der Waals surface area contributed by atoms with Gasteiger partial charge in [-0.25, -0.2) is 13.7 Å². The Labute approximate surface area is 156 Å². The molecule has 5 nitrogen and oxygen atoms in total. The minimum absolute atomic E-state index is 0.0732. The van der Waals surface area contributed by atoms with Crippen molar-refractivity contribution >= 4 is 22.9 Å². The van der Waals surface area contributed by atoms with Crippen molar-refractivity contribution in [2.75, 3.05) is 13.7 Å². The van der Waals surface area contributed by atoms with Crippen LogP contribution in [0.4, 0.5) is 4.39 Å². The van der Waals surface area contributed by atoms with Crippen molar-refractivity contribution in [1.29, 1.82) is 0 Å². The number of likely N-dealkylation sites (N-methyl/N-ethyl adjacent to an activating group) is 1. The molecule has 0 aliphatic heterocycles. The molecule has 0 spiro atoms. The van der Waals surface area contributed by atoms with Crippen molar-refractivity contribution in [3.8, 4) is 5.75 Å². The Kier molecular flexibility index (Phi) is 7.64. The highest BCUT2D eigenvalue weighted by Crippen LogP contribution is 2.42. The third-order valence-electron chi connectivity index (χ3n) is 4.87. The van der Waals surface area contributed by atoms with Gasteiger partial charge in [-0.1, -0.05) is 24.9 Å². The van der Waals surface area contributed by atoms with Gasteiger partial charge in [0.05, 0.1) is 17.7 Å². The van der Waals surface area contributed by atoms with Gasteiger partial charge in [0.25, 0.3) is 0 Å². The third-order valence-corrected chi connectivity index (χ3v) is 5.62. The molecule has 0 bridgehead atoms. The van der Waals surface area contributed by atoms with E-state index in [0.717, 1.165) is 25.7 Å². The van der Waals surface area contributed by atoms with E-state index in [9.17, 15) is 8.60 Å². The Morgan fingerprint density at radius 3 is 2.88 bits per heavy atom. The van der Waals surface area contributed by atoms with Crippen LogP contribution in [-0.4, -0.2) is 30.0 Å². The maximum atomic E-state index is 13.6. The van der Waals surface area contributed by atoms with Gasteiger partial charge >= 0.3 is 0 Å². The highest BCUT2D eigenvalue weighted by molar-refractivity contribution is 7.77. The number of hydrogen-bond acceptors (Lipinski definition) is 4. The number of nitrogens with two attached hydrogens (primary N) is 1. The van der Waals surface area contributed by atoms with Crippen LogP contribution in [0.25, 0.3) is 0 Å². The summed E-state index contributed by atoms with van der Waals surface area (Å²) >= 11 is 3.90. The smallest absolute Gasteiger partial charge is 0.231 e. The van der Waals surface area contributed by atoms with Crippen LogP contribution >= 0.6 is 11.6 Å².